The average molecular weight is 562 g/mol. The summed E-state index contributed by atoms with van der Waals surface area (Å²) >= 11 is 0. The summed E-state index contributed by atoms with van der Waals surface area (Å²) in [5, 5.41) is 16.2. The van der Waals surface area contributed by atoms with E-state index in [9.17, 15) is 14.7 Å². The Hall–Kier alpha value is -3.66. The second-order valence-electron chi connectivity index (χ2n) is 9.95. The van der Waals surface area contributed by atoms with Crippen molar-refractivity contribution in [1.29, 1.82) is 0 Å². The predicted octanol–water partition coefficient (Wildman–Crippen LogP) is 3.19. The first-order chi connectivity index (χ1) is 19.6. The molecule has 0 saturated heterocycles. The van der Waals surface area contributed by atoms with Gasteiger partial charge >= 0.3 is 29.6 Å². The molecule has 10 heteroatoms. The van der Waals surface area contributed by atoms with E-state index in [2.05, 4.69) is 34.1 Å². The van der Waals surface area contributed by atoms with Crippen molar-refractivity contribution in [3.8, 4) is 0 Å². The smallest absolute Gasteiger partial charge is 0.262 e. The van der Waals surface area contributed by atoms with Gasteiger partial charge in [0.15, 0.2) is 0 Å². The molecule has 0 unspecified atom stereocenters. The van der Waals surface area contributed by atoms with Crippen LogP contribution in [0.25, 0.3) is 10.8 Å². The van der Waals surface area contributed by atoms with E-state index in [-0.39, 0.29) is 42.6 Å². The third-order valence-corrected chi connectivity index (χ3v) is 7.19. The van der Waals surface area contributed by atoms with E-state index in [1.165, 1.54) is 15.0 Å². The number of benzene rings is 4. The molecule has 206 valence electrons. The average Bonchev–Trinajstić information content (AvgIpc) is 3.00. The fourth-order valence-corrected chi connectivity index (χ4v) is 5.12. The van der Waals surface area contributed by atoms with Gasteiger partial charge in [0.05, 0.1) is 41.0 Å². The first kappa shape index (κ1) is 31.9. The summed E-state index contributed by atoms with van der Waals surface area (Å²) in [5.41, 5.74) is 3.14. The molecule has 9 nitrogen and oxygen atoms in total. The summed E-state index contributed by atoms with van der Waals surface area (Å²) in [6.45, 7) is 0.732. The topological polar surface area (TPSA) is 98.0 Å². The fourth-order valence-electron chi connectivity index (χ4n) is 5.12. The van der Waals surface area contributed by atoms with Crippen molar-refractivity contribution in [2.75, 3.05) is 26.7 Å². The van der Waals surface area contributed by atoms with Crippen molar-refractivity contribution in [1.82, 2.24) is 15.0 Å². The minimum Gasteiger partial charge on any atom is -0.262 e. The van der Waals surface area contributed by atoms with Crippen molar-refractivity contribution in [2.45, 2.75) is 31.3 Å². The molecule has 0 aliphatic carbocycles. The van der Waals surface area contributed by atoms with Crippen LogP contribution in [-0.2, 0) is 19.3 Å². The SMILES string of the molecule is CN(C[C@H](Cc1ccccc1)N(C[C@@H](Cc1cccc2ccccc12)N(CCc1ccccc1)N=O)N=O)N=O.[Na+]. The van der Waals surface area contributed by atoms with Gasteiger partial charge in [-0.1, -0.05) is 103 Å². The van der Waals surface area contributed by atoms with Gasteiger partial charge in [-0.2, -0.15) is 0 Å². The van der Waals surface area contributed by atoms with Crippen LogP contribution in [0.15, 0.2) is 119 Å². The van der Waals surface area contributed by atoms with Crippen LogP contribution in [0.4, 0.5) is 0 Å². The van der Waals surface area contributed by atoms with Crippen LogP contribution in [0.5, 0.6) is 0 Å². The summed E-state index contributed by atoms with van der Waals surface area (Å²) in [7, 11) is 1.57. The first-order valence-electron chi connectivity index (χ1n) is 13.4. The molecular formula is C31H34N6NaO3+. The van der Waals surface area contributed by atoms with Gasteiger partial charge in [-0.05, 0) is 46.7 Å². The van der Waals surface area contributed by atoms with E-state index in [4.69, 9.17) is 0 Å². The van der Waals surface area contributed by atoms with Crippen molar-refractivity contribution in [3.05, 3.63) is 135 Å². The van der Waals surface area contributed by atoms with Crippen molar-refractivity contribution in [3.63, 3.8) is 0 Å². The molecule has 0 heterocycles. The van der Waals surface area contributed by atoms with Crippen molar-refractivity contribution in [2.24, 2.45) is 15.9 Å². The van der Waals surface area contributed by atoms with Gasteiger partial charge in [0.2, 0.25) is 0 Å². The zero-order valence-electron chi connectivity index (χ0n) is 23.6. The molecule has 0 aromatic heterocycles. The van der Waals surface area contributed by atoms with E-state index in [0.717, 1.165) is 27.5 Å². The second kappa shape index (κ2) is 16.6. The molecular weight excluding hydrogens is 527 g/mol. The first-order valence-corrected chi connectivity index (χ1v) is 13.4. The standard InChI is InChI=1S/C31H34N6O3.Na/c1-35(32-38)23-29(21-26-13-6-3-7-14-26)37(34-40)24-30(36(33-39)20-19-25-11-4-2-5-12-25)22-28-17-10-16-27-15-8-9-18-31(27)28;/h2-18,29-30H,19-24H2,1H3;/q;+1/t29-,30+;/m0./s1. The molecule has 0 fully saturated rings. The summed E-state index contributed by atoms with van der Waals surface area (Å²) in [4.78, 5) is 35.8. The van der Waals surface area contributed by atoms with Gasteiger partial charge in [0.25, 0.3) is 0 Å². The molecule has 41 heavy (non-hydrogen) atoms. The molecule has 0 saturated carbocycles. The molecule has 0 aliphatic heterocycles. The Bertz CT molecular complexity index is 1370. The maximum absolute atomic E-state index is 12.3. The number of nitroso groups, excluding NO2 is 3. The molecule has 4 aromatic rings. The molecule has 4 aromatic carbocycles. The predicted molar refractivity (Wildman–Crippen MR) is 159 cm³/mol. The number of hydrogen-bond acceptors (Lipinski definition) is 6. The van der Waals surface area contributed by atoms with Gasteiger partial charge in [0, 0.05) is 13.6 Å². The molecule has 0 spiro atoms. The van der Waals surface area contributed by atoms with E-state index in [1.807, 2.05) is 84.9 Å². The van der Waals surface area contributed by atoms with Crippen LogP contribution in [0.1, 0.15) is 16.7 Å². The van der Waals surface area contributed by atoms with Crippen LogP contribution in [-0.4, -0.2) is 53.8 Å². The molecule has 4 rings (SSSR count). The monoisotopic (exact) mass is 561 g/mol. The van der Waals surface area contributed by atoms with Gasteiger partial charge in [-0.15, -0.1) is 14.7 Å². The molecule has 0 amide bonds. The zero-order chi connectivity index (χ0) is 28.2. The van der Waals surface area contributed by atoms with E-state index in [0.29, 0.717) is 25.8 Å². The minimum absolute atomic E-state index is 0. The Morgan fingerprint density at radius 1 is 0.610 bits per heavy atom. The van der Waals surface area contributed by atoms with Gasteiger partial charge in [0.1, 0.15) is 0 Å². The second-order valence-corrected chi connectivity index (χ2v) is 9.95. The third kappa shape index (κ3) is 9.18. The zero-order valence-corrected chi connectivity index (χ0v) is 25.6. The maximum Gasteiger partial charge on any atom is 1.00 e. The van der Waals surface area contributed by atoms with Crippen LogP contribution < -0.4 is 29.6 Å². The summed E-state index contributed by atoms with van der Waals surface area (Å²) in [6.07, 6.45) is 1.58. The molecule has 0 bridgehead atoms. The van der Waals surface area contributed by atoms with Crippen LogP contribution in [0.3, 0.4) is 0 Å². The Kier molecular flexibility index (Phi) is 12.9. The number of rotatable bonds is 16. The van der Waals surface area contributed by atoms with Crippen LogP contribution in [0.2, 0.25) is 0 Å². The van der Waals surface area contributed by atoms with Crippen molar-refractivity contribution < 1.29 is 29.6 Å². The molecule has 0 radical (unpaired) electrons. The third-order valence-electron chi connectivity index (χ3n) is 7.19. The maximum atomic E-state index is 12.3. The van der Waals surface area contributed by atoms with Crippen molar-refractivity contribution >= 4 is 10.8 Å². The number of nitrogens with zero attached hydrogens (tertiary/aromatic N) is 6. The normalized spacial score (nSPS) is 12.0. The number of hydrogen-bond donors (Lipinski definition) is 0. The largest absolute Gasteiger partial charge is 1.00 e. The van der Waals surface area contributed by atoms with E-state index >= 15 is 0 Å². The quantitative estimate of drug-likeness (QED) is 0.118. The van der Waals surface area contributed by atoms with E-state index in [1.54, 1.807) is 7.05 Å². The minimum atomic E-state index is -0.447. The fraction of sp³-hybridized carbons (Fsp3) is 0.290. The van der Waals surface area contributed by atoms with Gasteiger partial charge < -0.3 is 0 Å². The van der Waals surface area contributed by atoms with Crippen LogP contribution >= 0.6 is 0 Å². The summed E-state index contributed by atoms with van der Waals surface area (Å²) in [5.74, 6) is 0. The Morgan fingerprint density at radius 2 is 1.20 bits per heavy atom. The van der Waals surface area contributed by atoms with Gasteiger partial charge in [-0.25, -0.2) is 0 Å². The number of likely N-dealkylation sites (N-methyl/N-ethyl adjacent to an activating group) is 1. The molecule has 0 aliphatic rings. The van der Waals surface area contributed by atoms with Gasteiger partial charge in [-0.3, -0.25) is 15.0 Å². The van der Waals surface area contributed by atoms with Crippen LogP contribution in [0, 0.1) is 14.7 Å². The summed E-state index contributed by atoms with van der Waals surface area (Å²) < 4.78 is 0. The Morgan fingerprint density at radius 3 is 1.85 bits per heavy atom. The Labute approximate surface area is 262 Å². The molecule has 2 atom stereocenters. The Balaban J connectivity index is 0.00000462. The summed E-state index contributed by atoms with van der Waals surface area (Å²) in [6, 6.07) is 32.9. The van der Waals surface area contributed by atoms with E-state index < -0.39 is 12.1 Å². The molecule has 0 N–H and O–H groups in total. The number of fused-ring (bicyclic) bond motifs is 1.